The van der Waals surface area contributed by atoms with E-state index in [9.17, 15) is 9.59 Å². The SMILES string of the molecule is CSc1nnc(N2C(=O)c3oc4ccccc4c(=O)c3[C@@H]2c2ccccc2)s1. The molecule has 0 saturated heterocycles. The van der Waals surface area contributed by atoms with Gasteiger partial charge in [-0.25, -0.2) is 0 Å². The van der Waals surface area contributed by atoms with Gasteiger partial charge in [0.1, 0.15) is 5.58 Å². The molecule has 6 nitrogen and oxygen atoms in total. The van der Waals surface area contributed by atoms with Crippen molar-refractivity contribution in [1.29, 1.82) is 0 Å². The lowest BCUT2D eigenvalue weighted by atomic mass is 9.99. The van der Waals surface area contributed by atoms with Gasteiger partial charge in [-0.05, 0) is 24.0 Å². The largest absolute Gasteiger partial charge is 0.450 e. The van der Waals surface area contributed by atoms with Crippen molar-refractivity contribution in [1.82, 2.24) is 10.2 Å². The van der Waals surface area contributed by atoms with E-state index >= 15 is 0 Å². The summed E-state index contributed by atoms with van der Waals surface area (Å²) in [7, 11) is 0. The fraction of sp³-hybridized carbons (Fsp3) is 0.100. The predicted molar refractivity (Wildman–Crippen MR) is 109 cm³/mol. The van der Waals surface area contributed by atoms with E-state index < -0.39 is 6.04 Å². The number of rotatable bonds is 3. The molecule has 8 heteroatoms. The number of nitrogens with zero attached hydrogens (tertiary/aromatic N) is 3. The highest BCUT2D eigenvalue weighted by atomic mass is 32.2. The molecule has 138 valence electrons. The molecule has 4 aromatic rings. The van der Waals surface area contributed by atoms with Crippen molar-refractivity contribution in [2.24, 2.45) is 0 Å². The Hall–Kier alpha value is -2.97. The molecule has 0 spiro atoms. The fourth-order valence-corrected chi connectivity index (χ4v) is 4.74. The third-order valence-corrected chi connectivity index (χ3v) is 6.57. The molecule has 1 aliphatic rings. The molecule has 28 heavy (non-hydrogen) atoms. The zero-order valence-electron chi connectivity index (χ0n) is 14.7. The van der Waals surface area contributed by atoms with Crippen LogP contribution in [0.4, 0.5) is 5.13 Å². The molecular formula is C20H13N3O3S2. The zero-order chi connectivity index (χ0) is 19.3. The average Bonchev–Trinajstić information content (AvgIpc) is 3.32. The Labute approximate surface area is 167 Å². The van der Waals surface area contributed by atoms with E-state index in [4.69, 9.17) is 4.42 Å². The van der Waals surface area contributed by atoms with Gasteiger partial charge >= 0.3 is 0 Å². The number of hydrogen-bond acceptors (Lipinski definition) is 7. The molecule has 3 heterocycles. The number of fused-ring (bicyclic) bond motifs is 2. The van der Waals surface area contributed by atoms with Crippen LogP contribution in [-0.4, -0.2) is 22.4 Å². The summed E-state index contributed by atoms with van der Waals surface area (Å²) in [6.07, 6.45) is 1.90. The van der Waals surface area contributed by atoms with Crippen molar-refractivity contribution in [2.75, 3.05) is 11.2 Å². The maximum atomic E-state index is 13.3. The van der Waals surface area contributed by atoms with Crippen LogP contribution in [0.1, 0.15) is 27.7 Å². The van der Waals surface area contributed by atoms with Gasteiger partial charge in [0.2, 0.25) is 10.9 Å². The summed E-state index contributed by atoms with van der Waals surface area (Å²) >= 11 is 2.77. The second-order valence-electron chi connectivity index (χ2n) is 6.21. The molecule has 2 aromatic heterocycles. The minimum atomic E-state index is -0.604. The van der Waals surface area contributed by atoms with E-state index in [2.05, 4.69) is 10.2 Å². The molecule has 1 aliphatic heterocycles. The van der Waals surface area contributed by atoms with Gasteiger partial charge in [0, 0.05) is 0 Å². The quantitative estimate of drug-likeness (QED) is 0.376. The standard InChI is InChI=1S/C20H13N3O3S2/c1-27-20-22-21-19(28-20)23-15(11-7-3-2-4-8-11)14-16(24)12-9-5-6-10-13(12)26-17(14)18(23)25/h2-10,15H,1H3/t15-/m0/s1. The number of aromatic nitrogens is 2. The molecule has 0 N–H and O–H groups in total. The molecule has 5 rings (SSSR count). The number of benzene rings is 2. The van der Waals surface area contributed by atoms with Gasteiger partial charge < -0.3 is 4.42 Å². The lowest BCUT2D eigenvalue weighted by Crippen LogP contribution is -2.29. The highest BCUT2D eigenvalue weighted by molar-refractivity contribution is 8.00. The van der Waals surface area contributed by atoms with Gasteiger partial charge in [-0.15, -0.1) is 10.2 Å². The highest BCUT2D eigenvalue weighted by Crippen LogP contribution is 2.42. The Morgan fingerprint density at radius 2 is 1.79 bits per heavy atom. The van der Waals surface area contributed by atoms with E-state index in [-0.39, 0.29) is 17.1 Å². The molecule has 0 unspecified atom stereocenters. The number of para-hydroxylation sites is 1. The first-order valence-electron chi connectivity index (χ1n) is 8.51. The van der Waals surface area contributed by atoms with E-state index in [1.807, 2.05) is 36.6 Å². The zero-order valence-corrected chi connectivity index (χ0v) is 16.3. The number of hydrogen-bond donors (Lipinski definition) is 0. The molecule has 0 fully saturated rings. The molecular weight excluding hydrogens is 394 g/mol. The van der Waals surface area contributed by atoms with Crippen LogP contribution in [0.25, 0.3) is 11.0 Å². The lowest BCUT2D eigenvalue weighted by molar-refractivity contribution is 0.0970. The van der Waals surface area contributed by atoms with Crippen molar-refractivity contribution in [3.63, 3.8) is 0 Å². The second kappa shape index (κ2) is 6.57. The third-order valence-electron chi connectivity index (χ3n) is 4.67. The Balaban J connectivity index is 1.80. The van der Waals surface area contributed by atoms with Crippen LogP contribution in [-0.2, 0) is 0 Å². The maximum absolute atomic E-state index is 13.3. The monoisotopic (exact) mass is 407 g/mol. The number of carbonyl (C=O) groups excluding carboxylic acids is 1. The smallest absolute Gasteiger partial charge is 0.297 e. The van der Waals surface area contributed by atoms with Crippen LogP contribution >= 0.6 is 23.1 Å². The molecule has 0 aliphatic carbocycles. The Bertz CT molecular complexity index is 1270. The van der Waals surface area contributed by atoms with Crippen LogP contribution in [0.3, 0.4) is 0 Å². The minimum Gasteiger partial charge on any atom is -0.450 e. The van der Waals surface area contributed by atoms with Gasteiger partial charge in [0.25, 0.3) is 5.91 Å². The van der Waals surface area contributed by atoms with Gasteiger partial charge in [-0.3, -0.25) is 14.5 Å². The van der Waals surface area contributed by atoms with E-state index in [0.717, 1.165) is 9.90 Å². The maximum Gasteiger partial charge on any atom is 0.297 e. The summed E-state index contributed by atoms with van der Waals surface area (Å²) in [5.74, 6) is -0.311. The van der Waals surface area contributed by atoms with Crippen LogP contribution in [0, 0.1) is 0 Å². The van der Waals surface area contributed by atoms with Crippen molar-refractivity contribution < 1.29 is 9.21 Å². The fourth-order valence-electron chi connectivity index (χ4n) is 3.45. The number of thioether (sulfide) groups is 1. The van der Waals surface area contributed by atoms with E-state index in [1.165, 1.54) is 28.0 Å². The second-order valence-corrected chi connectivity index (χ2v) is 8.22. The van der Waals surface area contributed by atoms with Crippen LogP contribution in [0.15, 0.2) is 68.1 Å². The molecule has 1 atom stereocenters. The Morgan fingerprint density at radius 1 is 1.04 bits per heavy atom. The van der Waals surface area contributed by atoms with Crippen LogP contribution < -0.4 is 10.3 Å². The summed E-state index contributed by atoms with van der Waals surface area (Å²) in [5.41, 5.74) is 1.36. The van der Waals surface area contributed by atoms with Crippen molar-refractivity contribution in [2.45, 2.75) is 10.4 Å². The van der Waals surface area contributed by atoms with Gasteiger partial charge in [0.05, 0.1) is 17.0 Å². The van der Waals surface area contributed by atoms with Gasteiger partial charge in [0.15, 0.2) is 9.77 Å². The first kappa shape index (κ1) is 17.2. The van der Waals surface area contributed by atoms with E-state index in [1.54, 1.807) is 24.3 Å². The third kappa shape index (κ3) is 2.49. The van der Waals surface area contributed by atoms with Crippen molar-refractivity contribution in [3.05, 3.63) is 81.7 Å². The predicted octanol–water partition coefficient (Wildman–Crippen LogP) is 4.12. The minimum absolute atomic E-state index is 0.0680. The molecule has 0 radical (unpaired) electrons. The van der Waals surface area contributed by atoms with Gasteiger partial charge in [-0.2, -0.15) is 0 Å². The molecule has 2 aromatic carbocycles. The summed E-state index contributed by atoms with van der Waals surface area (Å²) in [6.45, 7) is 0. The lowest BCUT2D eigenvalue weighted by Gasteiger charge is -2.21. The summed E-state index contributed by atoms with van der Waals surface area (Å²) in [6, 6.07) is 15.8. The Kier molecular flexibility index (Phi) is 4.03. The number of carbonyl (C=O) groups is 1. The summed E-state index contributed by atoms with van der Waals surface area (Å²) in [4.78, 5) is 28.1. The van der Waals surface area contributed by atoms with Crippen molar-refractivity contribution in [3.8, 4) is 0 Å². The van der Waals surface area contributed by atoms with E-state index in [0.29, 0.717) is 21.7 Å². The molecule has 0 saturated carbocycles. The normalized spacial score (nSPS) is 16.0. The highest BCUT2D eigenvalue weighted by Gasteiger charge is 2.45. The average molecular weight is 407 g/mol. The van der Waals surface area contributed by atoms with Crippen LogP contribution in [0.5, 0.6) is 0 Å². The van der Waals surface area contributed by atoms with Gasteiger partial charge in [-0.1, -0.05) is 65.6 Å². The Morgan fingerprint density at radius 3 is 2.54 bits per heavy atom. The summed E-state index contributed by atoms with van der Waals surface area (Å²) < 4.78 is 6.64. The number of anilines is 1. The topological polar surface area (TPSA) is 76.3 Å². The van der Waals surface area contributed by atoms with Crippen LogP contribution in [0.2, 0.25) is 0 Å². The summed E-state index contributed by atoms with van der Waals surface area (Å²) in [5, 5.41) is 9.20. The molecule has 0 bridgehead atoms. The first-order valence-corrected chi connectivity index (χ1v) is 10.5. The first-order chi connectivity index (χ1) is 13.7. The van der Waals surface area contributed by atoms with Crippen molar-refractivity contribution >= 4 is 45.1 Å². The number of amides is 1. The molecule has 1 amide bonds.